The Labute approximate surface area is 168 Å². The van der Waals surface area contributed by atoms with Gasteiger partial charge in [-0.1, -0.05) is 16.8 Å². The van der Waals surface area contributed by atoms with Crippen molar-refractivity contribution in [3.05, 3.63) is 76.1 Å². The molecule has 146 valence electrons. The molecule has 0 spiro atoms. The van der Waals surface area contributed by atoms with E-state index in [2.05, 4.69) is 5.16 Å². The molecule has 0 fully saturated rings. The SMILES string of the molecule is CC(=O)c1ccc(N(Cc2c(C)noc2C)S(=O)(=O)c2ccc(Cl)cc2)cc1. The first-order chi connectivity index (χ1) is 13.2. The molecule has 0 aliphatic rings. The minimum atomic E-state index is -3.89. The van der Waals surface area contributed by atoms with E-state index in [1.807, 2.05) is 0 Å². The minimum Gasteiger partial charge on any atom is -0.361 e. The van der Waals surface area contributed by atoms with Crippen LogP contribution in [0.2, 0.25) is 5.02 Å². The summed E-state index contributed by atoms with van der Waals surface area (Å²) < 4.78 is 33.2. The molecular formula is C20H19ClN2O4S. The second kappa shape index (κ2) is 7.77. The van der Waals surface area contributed by atoms with Crippen LogP contribution in [-0.2, 0) is 16.6 Å². The van der Waals surface area contributed by atoms with Gasteiger partial charge in [-0.2, -0.15) is 0 Å². The first-order valence-corrected chi connectivity index (χ1v) is 10.3. The Morgan fingerprint density at radius 2 is 1.68 bits per heavy atom. The molecule has 1 heterocycles. The van der Waals surface area contributed by atoms with Gasteiger partial charge in [-0.15, -0.1) is 0 Å². The Bertz CT molecular complexity index is 1080. The fourth-order valence-corrected chi connectivity index (χ4v) is 4.34. The van der Waals surface area contributed by atoms with Gasteiger partial charge in [0.25, 0.3) is 10.0 Å². The predicted molar refractivity (Wildman–Crippen MR) is 107 cm³/mol. The lowest BCUT2D eigenvalue weighted by Crippen LogP contribution is -2.31. The van der Waals surface area contributed by atoms with E-state index in [-0.39, 0.29) is 17.2 Å². The number of halogens is 1. The summed E-state index contributed by atoms with van der Waals surface area (Å²) in [6.07, 6.45) is 0. The highest BCUT2D eigenvalue weighted by Crippen LogP contribution is 2.28. The molecule has 0 atom stereocenters. The van der Waals surface area contributed by atoms with E-state index < -0.39 is 10.0 Å². The highest BCUT2D eigenvalue weighted by molar-refractivity contribution is 7.92. The summed E-state index contributed by atoms with van der Waals surface area (Å²) >= 11 is 5.90. The lowest BCUT2D eigenvalue weighted by atomic mass is 10.1. The molecule has 0 aliphatic carbocycles. The summed E-state index contributed by atoms with van der Waals surface area (Å²) in [6, 6.07) is 12.4. The molecule has 3 aromatic rings. The van der Waals surface area contributed by atoms with E-state index in [9.17, 15) is 13.2 Å². The van der Waals surface area contributed by atoms with Crippen LogP contribution in [0.4, 0.5) is 5.69 Å². The van der Waals surface area contributed by atoms with Gasteiger partial charge in [0, 0.05) is 16.1 Å². The number of carbonyl (C=O) groups is 1. The number of hydrogen-bond acceptors (Lipinski definition) is 5. The van der Waals surface area contributed by atoms with Crippen molar-refractivity contribution in [3.63, 3.8) is 0 Å². The van der Waals surface area contributed by atoms with Crippen molar-refractivity contribution < 1.29 is 17.7 Å². The number of carbonyl (C=O) groups excluding carboxylic acids is 1. The number of nitrogens with zero attached hydrogens (tertiary/aromatic N) is 2. The van der Waals surface area contributed by atoms with Gasteiger partial charge < -0.3 is 4.52 Å². The summed E-state index contributed by atoms with van der Waals surface area (Å²) in [7, 11) is -3.89. The van der Waals surface area contributed by atoms with E-state index in [1.54, 1.807) is 38.1 Å². The Kier molecular flexibility index (Phi) is 5.58. The van der Waals surface area contributed by atoms with Crippen LogP contribution in [0.5, 0.6) is 0 Å². The number of benzene rings is 2. The number of anilines is 1. The molecular weight excluding hydrogens is 400 g/mol. The third-order valence-corrected chi connectivity index (χ3v) is 6.49. The second-order valence-corrected chi connectivity index (χ2v) is 8.67. The van der Waals surface area contributed by atoms with Crippen molar-refractivity contribution in [2.75, 3.05) is 4.31 Å². The molecule has 8 heteroatoms. The Balaban J connectivity index is 2.10. The largest absolute Gasteiger partial charge is 0.361 e. The van der Waals surface area contributed by atoms with E-state index in [1.165, 1.54) is 35.5 Å². The molecule has 0 saturated heterocycles. The monoisotopic (exact) mass is 418 g/mol. The molecule has 2 aromatic carbocycles. The maximum absolute atomic E-state index is 13.4. The van der Waals surface area contributed by atoms with Crippen LogP contribution in [0.15, 0.2) is 57.9 Å². The van der Waals surface area contributed by atoms with Crippen LogP contribution in [0.25, 0.3) is 0 Å². The maximum Gasteiger partial charge on any atom is 0.264 e. The van der Waals surface area contributed by atoms with Gasteiger partial charge in [-0.25, -0.2) is 8.42 Å². The standard InChI is InChI=1S/C20H19ClN2O4S/c1-13-20(15(3)27-22-13)12-23(18-8-4-16(5-9-18)14(2)24)28(25,26)19-10-6-17(21)7-11-19/h4-11H,12H2,1-3H3. The molecule has 0 aliphatic heterocycles. The number of sulfonamides is 1. The van der Waals surface area contributed by atoms with Crippen molar-refractivity contribution in [1.82, 2.24) is 5.16 Å². The maximum atomic E-state index is 13.4. The summed E-state index contributed by atoms with van der Waals surface area (Å²) in [5.41, 5.74) is 2.24. The van der Waals surface area contributed by atoms with Gasteiger partial charge >= 0.3 is 0 Å². The highest BCUT2D eigenvalue weighted by atomic mass is 35.5. The second-order valence-electron chi connectivity index (χ2n) is 6.37. The lowest BCUT2D eigenvalue weighted by Gasteiger charge is -2.25. The molecule has 0 N–H and O–H groups in total. The predicted octanol–water partition coefficient (Wildman–Crippen LogP) is 4.54. The average molecular weight is 419 g/mol. The van der Waals surface area contributed by atoms with Crippen LogP contribution in [0.3, 0.4) is 0 Å². The molecule has 0 saturated carbocycles. The molecule has 1 aromatic heterocycles. The van der Waals surface area contributed by atoms with Crippen molar-refractivity contribution in [2.24, 2.45) is 0 Å². The fraction of sp³-hybridized carbons (Fsp3) is 0.200. The number of aromatic nitrogens is 1. The van der Waals surface area contributed by atoms with Crippen LogP contribution < -0.4 is 4.31 Å². The Morgan fingerprint density at radius 1 is 1.07 bits per heavy atom. The lowest BCUT2D eigenvalue weighted by molar-refractivity contribution is 0.101. The van der Waals surface area contributed by atoms with Crippen LogP contribution >= 0.6 is 11.6 Å². The van der Waals surface area contributed by atoms with Crippen LogP contribution in [0.1, 0.15) is 34.3 Å². The number of Topliss-reactive ketones (excluding diaryl/α,β-unsaturated/α-hetero) is 1. The topological polar surface area (TPSA) is 80.5 Å². The van der Waals surface area contributed by atoms with Crippen LogP contribution in [0, 0.1) is 13.8 Å². The number of hydrogen-bond donors (Lipinski definition) is 0. The van der Waals surface area contributed by atoms with Gasteiger partial charge in [0.1, 0.15) is 5.76 Å². The molecule has 28 heavy (non-hydrogen) atoms. The van der Waals surface area contributed by atoms with E-state index in [4.69, 9.17) is 16.1 Å². The Morgan fingerprint density at radius 3 is 2.18 bits per heavy atom. The van der Waals surface area contributed by atoms with Crippen molar-refractivity contribution in [1.29, 1.82) is 0 Å². The smallest absolute Gasteiger partial charge is 0.264 e. The molecule has 0 bridgehead atoms. The number of ketones is 1. The quantitative estimate of drug-likeness (QED) is 0.549. The normalized spacial score (nSPS) is 11.4. The first kappa shape index (κ1) is 20.1. The fourth-order valence-electron chi connectivity index (χ4n) is 2.78. The van der Waals surface area contributed by atoms with E-state index >= 15 is 0 Å². The third-order valence-electron chi connectivity index (χ3n) is 4.45. The van der Waals surface area contributed by atoms with Gasteiger partial charge in [-0.05, 0) is 69.3 Å². The van der Waals surface area contributed by atoms with E-state index in [0.717, 1.165) is 0 Å². The highest BCUT2D eigenvalue weighted by Gasteiger charge is 2.27. The van der Waals surface area contributed by atoms with Crippen molar-refractivity contribution in [2.45, 2.75) is 32.2 Å². The Hall–Kier alpha value is -2.64. The number of rotatable bonds is 6. The minimum absolute atomic E-state index is 0.0472. The van der Waals surface area contributed by atoms with Gasteiger partial charge in [0.05, 0.1) is 22.8 Å². The first-order valence-electron chi connectivity index (χ1n) is 8.51. The van der Waals surface area contributed by atoms with Crippen molar-refractivity contribution >= 4 is 33.1 Å². The summed E-state index contributed by atoms with van der Waals surface area (Å²) in [5, 5.41) is 4.35. The average Bonchev–Trinajstić information content (AvgIpc) is 2.98. The van der Waals surface area contributed by atoms with Gasteiger partial charge in [-0.3, -0.25) is 9.10 Å². The van der Waals surface area contributed by atoms with Gasteiger partial charge in [0.2, 0.25) is 0 Å². The summed E-state index contributed by atoms with van der Waals surface area (Å²) in [6.45, 7) is 5.01. The van der Waals surface area contributed by atoms with E-state index in [0.29, 0.717) is 33.3 Å². The third kappa shape index (κ3) is 3.95. The molecule has 0 amide bonds. The molecule has 6 nitrogen and oxygen atoms in total. The zero-order chi connectivity index (χ0) is 20.5. The molecule has 3 rings (SSSR count). The number of aryl methyl sites for hydroxylation is 2. The van der Waals surface area contributed by atoms with Gasteiger partial charge in [0.15, 0.2) is 5.78 Å². The van der Waals surface area contributed by atoms with Crippen molar-refractivity contribution in [3.8, 4) is 0 Å². The summed E-state index contributed by atoms with van der Waals surface area (Å²) in [5.74, 6) is 0.457. The zero-order valence-corrected chi connectivity index (χ0v) is 17.2. The summed E-state index contributed by atoms with van der Waals surface area (Å²) in [4.78, 5) is 11.7. The molecule has 0 radical (unpaired) electrons. The zero-order valence-electron chi connectivity index (χ0n) is 15.6. The molecule has 0 unspecified atom stereocenters. The van der Waals surface area contributed by atoms with Crippen LogP contribution in [-0.4, -0.2) is 19.4 Å².